The molecule has 0 aliphatic carbocycles. The molecule has 0 unspecified atom stereocenters. The number of carbonyl (C=O) groups excluding carboxylic acids is 2. The number of aliphatic imine (C=N–C) groups is 1. The number of likely N-dealkylation sites (tertiary alicyclic amines) is 1. The number of carbonyl (C=O) groups is 2. The van der Waals surface area contributed by atoms with E-state index in [-0.39, 0.29) is 22.5 Å². The van der Waals surface area contributed by atoms with E-state index >= 15 is 0 Å². The van der Waals surface area contributed by atoms with Crippen LogP contribution in [0.4, 0.5) is 26.3 Å². The topological polar surface area (TPSA) is 77.4 Å². The minimum Gasteiger partial charge on any atom is -0.493 e. The first-order valence-corrected chi connectivity index (χ1v) is 12.6. The van der Waals surface area contributed by atoms with Crippen molar-refractivity contribution >= 4 is 34.9 Å². The number of alkyl halides is 6. The van der Waals surface area contributed by atoms with Crippen molar-refractivity contribution in [1.82, 2.24) is 4.90 Å². The van der Waals surface area contributed by atoms with Crippen LogP contribution in [0.3, 0.4) is 0 Å². The van der Waals surface area contributed by atoms with Crippen molar-refractivity contribution in [1.29, 1.82) is 0 Å². The average Bonchev–Trinajstić information content (AvgIpc) is 3.53. The molecule has 2 aliphatic rings. The normalized spacial score (nSPS) is 18.8. The number of hydrogen-bond acceptors (Lipinski definition) is 7. The van der Waals surface area contributed by atoms with Crippen LogP contribution in [0.15, 0.2) is 46.3 Å². The van der Waals surface area contributed by atoms with Gasteiger partial charge < -0.3 is 19.1 Å². The number of hydrogen-bond donors (Lipinski definition) is 0. The molecule has 2 aromatic rings. The molecule has 2 aliphatic heterocycles. The second-order valence-electron chi connectivity index (χ2n) is 8.75. The Labute approximate surface area is 228 Å². The van der Waals surface area contributed by atoms with Crippen molar-refractivity contribution in [2.24, 2.45) is 4.99 Å². The van der Waals surface area contributed by atoms with Gasteiger partial charge in [-0.1, -0.05) is 12.1 Å². The van der Waals surface area contributed by atoms with E-state index in [0.29, 0.717) is 29.8 Å². The smallest absolute Gasteiger partial charge is 0.416 e. The number of esters is 1. The Morgan fingerprint density at radius 1 is 1.07 bits per heavy atom. The Balaban J connectivity index is 1.50. The van der Waals surface area contributed by atoms with Gasteiger partial charge in [0.2, 0.25) is 0 Å². The molecule has 0 N–H and O–H groups in total. The van der Waals surface area contributed by atoms with Gasteiger partial charge in [-0.05, 0) is 60.5 Å². The molecule has 214 valence electrons. The van der Waals surface area contributed by atoms with Crippen molar-refractivity contribution in [3.63, 3.8) is 0 Å². The number of rotatable bonds is 6. The van der Waals surface area contributed by atoms with Gasteiger partial charge in [0.25, 0.3) is 5.91 Å². The van der Waals surface area contributed by atoms with E-state index in [0.717, 1.165) is 24.2 Å². The predicted octanol–water partition coefficient (Wildman–Crippen LogP) is 5.92. The maximum absolute atomic E-state index is 13.5. The highest BCUT2D eigenvalue weighted by Crippen LogP contribution is 2.39. The number of amidine groups is 1. The first-order valence-electron chi connectivity index (χ1n) is 11.8. The standard InChI is InChI=1S/C26H22F6N2O5S/c1-37-20-10-14(11-21-22(35)33-24(40-21)34-9-3-4-18(34)23(36)38-2)5-8-19(20)39-13-15-6-7-16(25(27,28)29)12-17(15)26(30,31)32/h5-8,10-12,18H,3-4,9,13H2,1-2H3/t18-/m0/s1. The van der Waals surface area contributed by atoms with Crippen molar-refractivity contribution < 1.29 is 50.1 Å². The molecule has 1 atom stereocenters. The highest BCUT2D eigenvalue weighted by molar-refractivity contribution is 8.18. The zero-order chi connectivity index (χ0) is 29.2. The Morgan fingerprint density at radius 3 is 2.48 bits per heavy atom. The Hall–Kier alpha value is -3.68. The average molecular weight is 589 g/mol. The van der Waals surface area contributed by atoms with E-state index in [1.165, 1.54) is 38.5 Å². The highest BCUT2D eigenvalue weighted by atomic mass is 32.2. The maximum Gasteiger partial charge on any atom is 0.416 e. The summed E-state index contributed by atoms with van der Waals surface area (Å²) in [5, 5.41) is 0.382. The summed E-state index contributed by atoms with van der Waals surface area (Å²) in [6.07, 6.45) is -7.11. The van der Waals surface area contributed by atoms with Crippen molar-refractivity contribution in [2.75, 3.05) is 20.8 Å². The summed E-state index contributed by atoms with van der Waals surface area (Å²) in [5.74, 6) is -0.754. The highest BCUT2D eigenvalue weighted by Gasteiger charge is 2.39. The molecule has 14 heteroatoms. The van der Waals surface area contributed by atoms with E-state index in [1.54, 1.807) is 4.90 Å². The van der Waals surface area contributed by atoms with E-state index in [9.17, 15) is 35.9 Å². The lowest BCUT2D eigenvalue weighted by molar-refractivity contribution is -0.145. The number of nitrogens with zero attached hydrogens (tertiary/aromatic N) is 2. The van der Waals surface area contributed by atoms with E-state index in [4.69, 9.17) is 14.2 Å². The van der Waals surface area contributed by atoms with E-state index < -0.39 is 53.6 Å². The summed E-state index contributed by atoms with van der Waals surface area (Å²) < 4.78 is 94.8. The summed E-state index contributed by atoms with van der Waals surface area (Å²) in [5.41, 5.74) is -2.87. The molecule has 40 heavy (non-hydrogen) atoms. The second kappa shape index (κ2) is 11.4. The van der Waals surface area contributed by atoms with Crippen molar-refractivity contribution in [3.05, 3.63) is 63.6 Å². The minimum atomic E-state index is -5.03. The lowest BCUT2D eigenvalue weighted by atomic mass is 10.0. The number of ether oxygens (including phenoxy) is 3. The molecule has 2 heterocycles. The van der Waals surface area contributed by atoms with E-state index in [1.807, 2.05) is 0 Å². The second-order valence-corrected chi connectivity index (χ2v) is 9.76. The lowest BCUT2D eigenvalue weighted by Gasteiger charge is -2.23. The van der Waals surface area contributed by atoms with Crippen LogP contribution < -0.4 is 9.47 Å². The number of halogens is 6. The van der Waals surface area contributed by atoms with Gasteiger partial charge in [0, 0.05) is 12.1 Å². The largest absolute Gasteiger partial charge is 0.493 e. The first kappa shape index (κ1) is 29.3. The number of methoxy groups -OCH3 is 2. The Bertz CT molecular complexity index is 1370. The van der Waals surface area contributed by atoms with Crippen LogP contribution in [0.1, 0.15) is 35.1 Å². The number of thioether (sulfide) groups is 1. The molecule has 1 fully saturated rings. The van der Waals surface area contributed by atoms with Crippen LogP contribution in [-0.4, -0.2) is 48.8 Å². The summed E-state index contributed by atoms with van der Waals surface area (Å²) in [6.45, 7) is -0.131. The van der Waals surface area contributed by atoms with Gasteiger partial charge in [-0.3, -0.25) is 4.79 Å². The predicted molar refractivity (Wildman–Crippen MR) is 134 cm³/mol. The quantitative estimate of drug-likeness (QED) is 0.236. The van der Waals surface area contributed by atoms with Crippen molar-refractivity contribution in [2.45, 2.75) is 37.8 Å². The number of amides is 1. The monoisotopic (exact) mass is 588 g/mol. The molecule has 2 aromatic carbocycles. The molecule has 0 saturated carbocycles. The molecule has 1 amide bonds. The Morgan fingerprint density at radius 2 is 1.82 bits per heavy atom. The molecule has 7 nitrogen and oxygen atoms in total. The van der Waals surface area contributed by atoms with Gasteiger partial charge in [0.15, 0.2) is 16.7 Å². The van der Waals surface area contributed by atoms with Gasteiger partial charge in [-0.2, -0.15) is 31.3 Å². The van der Waals surface area contributed by atoms with Gasteiger partial charge >= 0.3 is 18.3 Å². The third-order valence-corrected chi connectivity index (χ3v) is 7.21. The molecule has 1 saturated heterocycles. The van der Waals surface area contributed by atoms with Crippen molar-refractivity contribution in [3.8, 4) is 11.5 Å². The third-order valence-electron chi connectivity index (χ3n) is 6.19. The maximum atomic E-state index is 13.5. The Kier molecular flexibility index (Phi) is 8.38. The molecule has 0 bridgehead atoms. The fourth-order valence-electron chi connectivity index (χ4n) is 4.24. The molecule has 0 spiro atoms. The summed E-state index contributed by atoms with van der Waals surface area (Å²) in [6, 6.07) is 5.23. The SMILES string of the molecule is COC(=O)[C@@H]1CCCN1C1=NC(=O)C(=Cc2ccc(OCc3ccc(C(F)(F)F)cc3C(F)(F)F)c(OC)c2)S1. The summed E-state index contributed by atoms with van der Waals surface area (Å²) in [7, 11) is 2.59. The van der Waals surface area contributed by atoms with E-state index in [2.05, 4.69) is 4.99 Å². The van der Waals surface area contributed by atoms with Gasteiger partial charge in [-0.15, -0.1) is 0 Å². The van der Waals surface area contributed by atoms with Crippen LogP contribution >= 0.6 is 11.8 Å². The minimum absolute atomic E-state index is 0.0398. The molecule has 4 rings (SSSR count). The molecule has 0 aromatic heterocycles. The van der Waals surface area contributed by atoms with Crippen LogP contribution in [0.2, 0.25) is 0 Å². The number of benzene rings is 2. The lowest BCUT2D eigenvalue weighted by Crippen LogP contribution is -2.39. The molecule has 0 radical (unpaired) electrons. The van der Waals surface area contributed by atoms with Crippen LogP contribution in [0, 0.1) is 0 Å². The third kappa shape index (κ3) is 6.37. The van der Waals surface area contributed by atoms with Crippen LogP contribution in [0.25, 0.3) is 6.08 Å². The van der Waals surface area contributed by atoms with Gasteiger partial charge in [-0.25, -0.2) is 4.79 Å². The van der Waals surface area contributed by atoms with Crippen LogP contribution in [0.5, 0.6) is 11.5 Å². The fourth-order valence-corrected chi connectivity index (χ4v) is 5.23. The van der Waals surface area contributed by atoms with Gasteiger partial charge in [0.1, 0.15) is 12.6 Å². The zero-order valence-corrected chi connectivity index (χ0v) is 21.9. The summed E-state index contributed by atoms with van der Waals surface area (Å²) >= 11 is 1.10. The molecular weight excluding hydrogens is 566 g/mol. The zero-order valence-electron chi connectivity index (χ0n) is 21.1. The first-order chi connectivity index (χ1) is 18.8. The van der Waals surface area contributed by atoms with Gasteiger partial charge in [0.05, 0.1) is 30.3 Å². The fraction of sp³-hybridized carbons (Fsp3) is 0.346. The van der Waals surface area contributed by atoms with Crippen LogP contribution in [-0.2, 0) is 33.3 Å². The molecular formula is C26H22F6N2O5S. The summed E-state index contributed by atoms with van der Waals surface area (Å²) in [4.78, 5) is 30.6.